The minimum Gasteiger partial charge on any atom is -0.484 e. The summed E-state index contributed by atoms with van der Waals surface area (Å²) in [6.07, 6.45) is -3.35. The maximum absolute atomic E-state index is 12.5. The Kier molecular flexibility index (Phi) is 5.69. The molecule has 2 rings (SSSR count). The number of methoxy groups -OCH3 is 1. The summed E-state index contributed by atoms with van der Waals surface area (Å²) in [7, 11) is 1.33. The molecule has 0 unspecified atom stereocenters. The normalized spacial score (nSPS) is 15.9. The van der Waals surface area contributed by atoms with Crippen LogP contribution in [0, 0.1) is 5.92 Å². The molecule has 24 heavy (non-hydrogen) atoms. The average molecular weight is 345 g/mol. The van der Waals surface area contributed by atoms with Crippen LogP contribution in [0.3, 0.4) is 0 Å². The van der Waals surface area contributed by atoms with Gasteiger partial charge in [-0.2, -0.15) is 13.2 Å². The van der Waals surface area contributed by atoms with Gasteiger partial charge in [0.1, 0.15) is 5.75 Å². The van der Waals surface area contributed by atoms with Gasteiger partial charge in [-0.3, -0.25) is 9.59 Å². The summed E-state index contributed by atoms with van der Waals surface area (Å²) < 4.78 is 47.3. The van der Waals surface area contributed by atoms with E-state index in [4.69, 9.17) is 4.74 Å². The Morgan fingerprint density at radius 3 is 2.25 bits per heavy atom. The first-order valence-corrected chi connectivity index (χ1v) is 7.47. The Morgan fingerprint density at radius 2 is 1.75 bits per heavy atom. The lowest BCUT2D eigenvalue weighted by atomic mass is 9.97. The van der Waals surface area contributed by atoms with Crippen LogP contribution in [0.15, 0.2) is 24.3 Å². The summed E-state index contributed by atoms with van der Waals surface area (Å²) in [6.45, 7) is 0.595. The van der Waals surface area contributed by atoms with Gasteiger partial charge >= 0.3 is 12.1 Å². The van der Waals surface area contributed by atoms with Crippen LogP contribution in [-0.4, -0.2) is 43.6 Å². The third-order valence-corrected chi connectivity index (χ3v) is 3.93. The van der Waals surface area contributed by atoms with Crippen molar-refractivity contribution in [3.63, 3.8) is 0 Å². The van der Waals surface area contributed by atoms with E-state index in [1.54, 1.807) is 4.90 Å². The van der Waals surface area contributed by atoms with Gasteiger partial charge in [-0.25, -0.2) is 0 Å². The second kappa shape index (κ2) is 7.55. The largest absolute Gasteiger partial charge is 0.484 e. The predicted octanol–water partition coefficient (Wildman–Crippen LogP) is 2.50. The first kappa shape index (κ1) is 18.1. The summed E-state index contributed by atoms with van der Waals surface area (Å²) in [4.78, 5) is 25.0. The molecule has 1 aromatic carbocycles. The second-order valence-electron chi connectivity index (χ2n) is 5.49. The number of piperidine rings is 1. The lowest BCUT2D eigenvalue weighted by Gasteiger charge is -2.30. The Balaban J connectivity index is 1.80. The van der Waals surface area contributed by atoms with Crippen molar-refractivity contribution in [2.75, 3.05) is 26.8 Å². The maximum Gasteiger partial charge on any atom is 0.416 e. The van der Waals surface area contributed by atoms with Crippen LogP contribution >= 0.6 is 0 Å². The number of halogens is 3. The molecule has 1 saturated heterocycles. The zero-order valence-electron chi connectivity index (χ0n) is 13.1. The molecule has 8 heteroatoms. The summed E-state index contributed by atoms with van der Waals surface area (Å²) in [6, 6.07) is 4.17. The summed E-state index contributed by atoms with van der Waals surface area (Å²) in [5, 5.41) is 0. The van der Waals surface area contributed by atoms with Crippen molar-refractivity contribution in [3.05, 3.63) is 29.8 Å². The van der Waals surface area contributed by atoms with Crippen LogP contribution in [0.4, 0.5) is 13.2 Å². The molecular weight excluding hydrogens is 327 g/mol. The van der Waals surface area contributed by atoms with Gasteiger partial charge in [0.2, 0.25) is 0 Å². The molecule has 0 bridgehead atoms. The zero-order chi connectivity index (χ0) is 17.7. The maximum atomic E-state index is 12.5. The van der Waals surface area contributed by atoms with Crippen LogP contribution in [0.2, 0.25) is 0 Å². The van der Waals surface area contributed by atoms with Gasteiger partial charge in [-0.1, -0.05) is 0 Å². The molecule has 1 amide bonds. The van der Waals surface area contributed by atoms with E-state index in [-0.39, 0.29) is 30.2 Å². The fourth-order valence-electron chi connectivity index (χ4n) is 2.51. The number of esters is 1. The SMILES string of the molecule is COC(=O)C1CCN(C(=O)COc2ccc(C(F)(F)F)cc2)CC1. The molecule has 0 spiro atoms. The van der Waals surface area contributed by atoms with E-state index in [0.717, 1.165) is 12.1 Å². The number of alkyl halides is 3. The van der Waals surface area contributed by atoms with Crippen molar-refractivity contribution >= 4 is 11.9 Å². The van der Waals surface area contributed by atoms with E-state index in [1.165, 1.54) is 19.2 Å². The number of ether oxygens (including phenoxy) is 2. The summed E-state index contributed by atoms with van der Waals surface area (Å²) in [5.41, 5.74) is -0.772. The smallest absolute Gasteiger partial charge is 0.416 e. The van der Waals surface area contributed by atoms with Crippen molar-refractivity contribution in [1.82, 2.24) is 4.90 Å². The number of hydrogen-bond acceptors (Lipinski definition) is 4. The molecule has 1 aromatic rings. The Labute approximate surface area is 137 Å². The van der Waals surface area contributed by atoms with E-state index in [2.05, 4.69) is 4.74 Å². The van der Waals surface area contributed by atoms with Crippen LogP contribution in [-0.2, 0) is 20.5 Å². The minimum absolute atomic E-state index is 0.195. The van der Waals surface area contributed by atoms with Gasteiger partial charge in [0.15, 0.2) is 6.61 Å². The lowest BCUT2D eigenvalue weighted by Crippen LogP contribution is -2.42. The molecule has 1 heterocycles. The summed E-state index contributed by atoms with van der Waals surface area (Å²) in [5.74, 6) is -0.544. The summed E-state index contributed by atoms with van der Waals surface area (Å²) >= 11 is 0. The van der Waals surface area contributed by atoms with Crippen molar-refractivity contribution in [2.45, 2.75) is 19.0 Å². The molecule has 1 fully saturated rings. The van der Waals surface area contributed by atoms with Gasteiger partial charge in [0, 0.05) is 13.1 Å². The number of nitrogens with zero attached hydrogens (tertiary/aromatic N) is 1. The third-order valence-electron chi connectivity index (χ3n) is 3.93. The van der Waals surface area contributed by atoms with Gasteiger partial charge in [-0.05, 0) is 37.1 Å². The standard InChI is InChI=1S/C16H18F3NO4/c1-23-15(22)11-6-8-20(9-7-11)14(21)10-24-13-4-2-12(3-5-13)16(17,18)19/h2-5,11H,6-10H2,1H3. The van der Waals surface area contributed by atoms with Crippen LogP contribution < -0.4 is 4.74 Å². The molecule has 1 aliphatic rings. The molecular formula is C16H18F3NO4. The van der Waals surface area contributed by atoms with E-state index < -0.39 is 11.7 Å². The number of hydrogen-bond donors (Lipinski definition) is 0. The van der Waals surface area contributed by atoms with Crippen LogP contribution in [0.25, 0.3) is 0 Å². The first-order chi connectivity index (χ1) is 11.3. The molecule has 5 nitrogen and oxygen atoms in total. The Bertz CT molecular complexity index is 578. The number of carbonyl (C=O) groups excluding carboxylic acids is 2. The predicted molar refractivity (Wildman–Crippen MR) is 78.3 cm³/mol. The Hall–Kier alpha value is -2.25. The number of carbonyl (C=O) groups is 2. The monoisotopic (exact) mass is 345 g/mol. The zero-order valence-corrected chi connectivity index (χ0v) is 13.1. The number of amides is 1. The number of rotatable bonds is 4. The molecule has 0 N–H and O–H groups in total. The van der Waals surface area contributed by atoms with Crippen molar-refractivity contribution in [1.29, 1.82) is 0 Å². The van der Waals surface area contributed by atoms with Gasteiger partial charge in [0.05, 0.1) is 18.6 Å². The first-order valence-electron chi connectivity index (χ1n) is 7.47. The topological polar surface area (TPSA) is 55.8 Å². The minimum atomic E-state index is -4.40. The van der Waals surface area contributed by atoms with Gasteiger partial charge < -0.3 is 14.4 Å². The number of likely N-dealkylation sites (tertiary alicyclic amines) is 1. The molecule has 0 aromatic heterocycles. The molecule has 0 atom stereocenters. The van der Waals surface area contributed by atoms with Crippen molar-refractivity contribution in [2.24, 2.45) is 5.92 Å². The molecule has 0 aliphatic carbocycles. The van der Waals surface area contributed by atoms with Crippen LogP contribution in [0.5, 0.6) is 5.75 Å². The molecule has 132 valence electrons. The quantitative estimate of drug-likeness (QED) is 0.787. The van der Waals surface area contributed by atoms with Gasteiger partial charge in [0.25, 0.3) is 5.91 Å². The van der Waals surface area contributed by atoms with E-state index in [1.807, 2.05) is 0 Å². The van der Waals surface area contributed by atoms with Crippen molar-refractivity contribution in [3.8, 4) is 5.75 Å². The van der Waals surface area contributed by atoms with Crippen molar-refractivity contribution < 1.29 is 32.2 Å². The highest BCUT2D eigenvalue weighted by atomic mass is 19.4. The molecule has 0 saturated carbocycles. The second-order valence-corrected chi connectivity index (χ2v) is 5.49. The lowest BCUT2D eigenvalue weighted by molar-refractivity contribution is -0.149. The van der Waals surface area contributed by atoms with Gasteiger partial charge in [-0.15, -0.1) is 0 Å². The van der Waals surface area contributed by atoms with E-state index in [9.17, 15) is 22.8 Å². The highest BCUT2D eigenvalue weighted by Crippen LogP contribution is 2.30. The van der Waals surface area contributed by atoms with E-state index in [0.29, 0.717) is 25.9 Å². The number of benzene rings is 1. The van der Waals surface area contributed by atoms with Crippen LogP contribution in [0.1, 0.15) is 18.4 Å². The fraction of sp³-hybridized carbons (Fsp3) is 0.500. The highest BCUT2D eigenvalue weighted by Gasteiger charge is 2.30. The molecule has 1 aliphatic heterocycles. The highest BCUT2D eigenvalue weighted by molar-refractivity contribution is 5.78. The Morgan fingerprint density at radius 1 is 1.17 bits per heavy atom. The molecule has 0 radical (unpaired) electrons. The van der Waals surface area contributed by atoms with E-state index >= 15 is 0 Å². The fourth-order valence-corrected chi connectivity index (χ4v) is 2.51. The average Bonchev–Trinajstić information content (AvgIpc) is 2.58. The third kappa shape index (κ3) is 4.62.